The molecule has 0 aliphatic carbocycles. The maximum absolute atomic E-state index is 11.2. The number of carboxylic acids is 1. The van der Waals surface area contributed by atoms with Crippen LogP contribution in [-0.4, -0.2) is 80.7 Å². The molecule has 1 aliphatic heterocycles. The summed E-state index contributed by atoms with van der Waals surface area (Å²) in [5.41, 5.74) is 0.641. The zero-order valence-corrected chi connectivity index (χ0v) is 14.7. The van der Waals surface area contributed by atoms with Crippen LogP contribution >= 0.6 is 0 Å². The van der Waals surface area contributed by atoms with E-state index in [1.54, 1.807) is 24.5 Å². The van der Waals surface area contributed by atoms with Gasteiger partial charge in [0.05, 0.1) is 11.4 Å². The van der Waals surface area contributed by atoms with Crippen LogP contribution in [0.1, 0.15) is 24.5 Å². The molecule has 1 aromatic rings. The first kappa shape index (κ1) is 21.1. The molecule has 6 atom stereocenters. The lowest BCUT2D eigenvalue weighted by molar-refractivity contribution is -0.306. The van der Waals surface area contributed by atoms with E-state index in [0.717, 1.165) is 0 Å². The average Bonchev–Trinajstić information content (AvgIpc) is 2.67. The molecule has 2 heterocycles. The van der Waals surface area contributed by atoms with Gasteiger partial charge in [0.2, 0.25) is 0 Å². The van der Waals surface area contributed by atoms with E-state index in [1.165, 1.54) is 12.1 Å². The van der Waals surface area contributed by atoms with E-state index >= 15 is 0 Å². The van der Waals surface area contributed by atoms with E-state index < -0.39 is 42.8 Å². The molecule has 27 heavy (non-hydrogen) atoms. The first-order chi connectivity index (χ1) is 12.8. The lowest BCUT2D eigenvalue weighted by Crippen LogP contribution is -2.60. The third-order valence-corrected chi connectivity index (χ3v) is 4.25. The number of aliphatic carboxylic acids is 1. The Morgan fingerprint density at radius 3 is 2.70 bits per heavy atom. The summed E-state index contributed by atoms with van der Waals surface area (Å²) >= 11 is 0. The van der Waals surface area contributed by atoms with Crippen molar-refractivity contribution in [2.24, 2.45) is 5.29 Å². The first-order valence-corrected chi connectivity index (χ1v) is 8.37. The minimum atomic E-state index is -1.79. The van der Waals surface area contributed by atoms with Crippen LogP contribution in [0.25, 0.3) is 0 Å². The Hall–Kier alpha value is -2.18. The Morgan fingerprint density at radius 2 is 2.11 bits per heavy atom. The first-order valence-electron chi connectivity index (χ1n) is 8.37. The number of aromatic nitrogens is 1. The third kappa shape index (κ3) is 5.40. The van der Waals surface area contributed by atoms with Gasteiger partial charge in [-0.15, -0.1) is 4.91 Å². The number of carbonyl (C=O) groups is 1. The second-order valence-electron chi connectivity index (χ2n) is 6.25. The molecule has 1 saturated heterocycles. The monoisotopic (exact) mass is 385 g/mol. The SMILES string of the molecule is CN(CCC[C@H](O[C@H]1O[C@H](C(=O)O)[C@@H](O)[C@H](O)[C@H]1O)c1cccnc1)N=O. The standard InChI is InChI=1S/C16H23N3O8/c1-19(18-25)7-3-5-10(9-4-2-6-17-8-9)26-16-13(22)11(20)12(21)14(27-16)15(23)24/h2,4,6,8,10-14,16,20-22H,3,5,7H2,1H3,(H,23,24)/t10-,11-,12-,13+,14-,16-/m0/s1. The number of nitrogens with zero attached hydrogens (tertiary/aromatic N) is 3. The Kier molecular flexibility index (Phi) is 7.56. The van der Waals surface area contributed by atoms with E-state index in [0.29, 0.717) is 24.9 Å². The van der Waals surface area contributed by atoms with Crippen molar-refractivity contribution in [3.63, 3.8) is 0 Å². The molecule has 0 bridgehead atoms. The van der Waals surface area contributed by atoms with Gasteiger partial charge in [-0.05, 0) is 24.5 Å². The molecule has 11 heteroatoms. The molecule has 4 N–H and O–H groups in total. The Balaban J connectivity index is 2.12. The molecule has 0 amide bonds. The van der Waals surface area contributed by atoms with Crippen LogP contribution in [0, 0.1) is 4.91 Å². The summed E-state index contributed by atoms with van der Waals surface area (Å²) in [6.07, 6.45) is -5.06. The second kappa shape index (κ2) is 9.67. The fourth-order valence-electron chi connectivity index (χ4n) is 2.75. The topological polar surface area (TPSA) is 162 Å². The number of rotatable bonds is 9. The molecule has 1 fully saturated rings. The predicted octanol–water partition coefficient (Wildman–Crippen LogP) is -0.575. The van der Waals surface area contributed by atoms with Crippen molar-refractivity contribution in [2.75, 3.05) is 13.6 Å². The molecule has 0 radical (unpaired) electrons. The summed E-state index contributed by atoms with van der Waals surface area (Å²) < 4.78 is 10.9. The number of aliphatic hydroxyl groups excluding tert-OH is 3. The summed E-state index contributed by atoms with van der Waals surface area (Å²) in [5.74, 6) is -1.49. The van der Waals surface area contributed by atoms with Crippen molar-refractivity contribution in [1.82, 2.24) is 9.99 Å². The Labute approximate surface area is 155 Å². The van der Waals surface area contributed by atoms with Gasteiger partial charge in [-0.1, -0.05) is 6.07 Å². The van der Waals surface area contributed by atoms with Crippen molar-refractivity contribution < 1.29 is 34.7 Å². The number of ether oxygens (including phenoxy) is 2. The zero-order valence-electron chi connectivity index (χ0n) is 14.7. The smallest absolute Gasteiger partial charge is 0.335 e. The van der Waals surface area contributed by atoms with Crippen LogP contribution in [-0.2, 0) is 14.3 Å². The fourth-order valence-corrected chi connectivity index (χ4v) is 2.75. The van der Waals surface area contributed by atoms with Gasteiger partial charge in [-0.2, -0.15) is 0 Å². The summed E-state index contributed by atoms with van der Waals surface area (Å²) in [5, 5.41) is 42.9. The predicted molar refractivity (Wildman–Crippen MR) is 90.0 cm³/mol. The van der Waals surface area contributed by atoms with Crippen LogP contribution < -0.4 is 0 Å². The van der Waals surface area contributed by atoms with Gasteiger partial charge >= 0.3 is 5.97 Å². The van der Waals surface area contributed by atoms with E-state index in [-0.39, 0.29) is 0 Å². The number of nitroso groups, excluding NO2 is 1. The molecular weight excluding hydrogens is 362 g/mol. The number of aliphatic hydroxyl groups is 3. The second-order valence-corrected chi connectivity index (χ2v) is 6.25. The number of pyridine rings is 1. The van der Waals surface area contributed by atoms with E-state index in [2.05, 4.69) is 10.3 Å². The van der Waals surface area contributed by atoms with Gasteiger partial charge in [0, 0.05) is 26.0 Å². The molecule has 2 rings (SSSR count). The molecule has 0 aromatic carbocycles. The van der Waals surface area contributed by atoms with Crippen LogP contribution in [0.2, 0.25) is 0 Å². The highest BCUT2D eigenvalue weighted by molar-refractivity contribution is 5.73. The maximum atomic E-state index is 11.2. The largest absolute Gasteiger partial charge is 0.479 e. The molecule has 0 saturated carbocycles. The van der Waals surface area contributed by atoms with Crippen molar-refractivity contribution in [3.8, 4) is 0 Å². The zero-order chi connectivity index (χ0) is 20.0. The van der Waals surface area contributed by atoms with Gasteiger partial charge in [0.1, 0.15) is 18.3 Å². The summed E-state index contributed by atoms with van der Waals surface area (Å²) in [6, 6.07) is 3.41. The lowest BCUT2D eigenvalue weighted by atomic mass is 9.98. The molecule has 150 valence electrons. The Bertz CT molecular complexity index is 619. The highest BCUT2D eigenvalue weighted by Gasteiger charge is 2.48. The van der Waals surface area contributed by atoms with Crippen molar-refractivity contribution in [1.29, 1.82) is 0 Å². The lowest BCUT2D eigenvalue weighted by Gasteiger charge is -2.39. The molecule has 1 aromatic heterocycles. The summed E-state index contributed by atoms with van der Waals surface area (Å²) in [4.78, 5) is 25.7. The molecular formula is C16H23N3O8. The number of carboxylic acid groups (broad SMARTS) is 1. The van der Waals surface area contributed by atoms with Crippen molar-refractivity contribution >= 4 is 5.97 Å². The van der Waals surface area contributed by atoms with Gasteiger partial charge in [0.25, 0.3) is 0 Å². The van der Waals surface area contributed by atoms with Crippen LogP contribution in [0.5, 0.6) is 0 Å². The van der Waals surface area contributed by atoms with Crippen molar-refractivity contribution in [3.05, 3.63) is 35.0 Å². The van der Waals surface area contributed by atoms with Gasteiger partial charge in [0.15, 0.2) is 12.4 Å². The Morgan fingerprint density at radius 1 is 1.37 bits per heavy atom. The van der Waals surface area contributed by atoms with E-state index in [9.17, 15) is 25.0 Å². The minimum Gasteiger partial charge on any atom is -0.479 e. The van der Waals surface area contributed by atoms with E-state index in [1.807, 2.05) is 0 Å². The minimum absolute atomic E-state index is 0.358. The molecule has 0 spiro atoms. The number of hydrogen-bond acceptors (Lipinski definition) is 9. The van der Waals surface area contributed by atoms with Crippen LogP contribution in [0.3, 0.4) is 0 Å². The third-order valence-electron chi connectivity index (χ3n) is 4.25. The molecule has 1 aliphatic rings. The van der Waals surface area contributed by atoms with Crippen LogP contribution in [0.4, 0.5) is 0 Å². The van der Waals surface area contributed by atoms with Gasteiger partial charge in [-0.25, -0.2) is 4.79 Å². The fraction of sp³-hybridized carbons (Fsp3) is 0.625. The average molecular weight is 385 g/mol. The summed E-state index contributed by atoms with van der Waals surface area (Å²) in [6.45, 7) is 0.358. The maximum Gasteiger partial charge on any atom is 0.335 e. The van der Waals surface area contributed by atoms with Gasteiger partial charge in [-0.3, -0.25) is 9.99 Å². The number of hydrogen-bond donors (Lipinski definition) is 4. The van der Waals surface area contributed by atoms with Crippen LogP contribution in [0.15, 0.2) is 29.8 Å². The molecule has 0 unspecified atom stereocenters. The normalized spacial score (nSPS) is 29.1. The highest BCUT2D eigenvalue weighted by atomic mass is 16.7. The highest BCUT2D eigenvalue weighted by Crippen LogP contribution is 2.30. The van der Waals surface area contributed by atoms with E-state index in [4.69, 9.17) is 14.6 Å². The molecule has 11 nitrogen and oxygen atoms in total. The van der Waals surface area contributed by atoms with Crippen molar-refractivity contribution in [2.45, 2.75) is 49.7 Å². The quantitative estimate of drug-likeness (QED) is 0.320. The van der Waals surface area contributed by atoms with Gasteiger partial charge < -0.3 is 29.9 Å². The summed E-state index contributed by atoms with van der Waals surface area (Å²) in [7, 11) is 1.52.